The molecule has 140 valence electrons. The highest BCUT2D eigenvalue weighted by Gasteiger charge is 2.23. The largest absolute Gasteiger partial charge is 0.497 e. The van der Waals surface area contributed by atoms with Crippen LogP contribution in [0.3, 0.4) is 0 Å². The van der Waals surface area contributed by atoms with E-state index < -0.39 is 0 Å². The number of rotatable bonds is 4. The van der Waals surface area contributed by atoms with Crippen LogP contribution in [-0.2, 0) is 6.54 Å². The number of amides is 2. The van der Waals surface area contributed by atoms with Crippen molar-refractivity contribution in [3.63, 3.8) is 0 Å². The Morgan fingerprint density at radius 1 is 1.19 bits per heavy atom. The fourth-order valence-electron chi connectivity index (χ4n) is 3.66. The minimum atomic E-state index is -0.0465. The van der Waals surface area contributed by atoms with Crippen molar-refractivity contribution in [3.8, 4) is 5.75 Å². The summed E-state index contributed by atoms with van der Waals surface area (Å²) in [6.45, 7) is 2.49. The number of aromatic nitrogens is 2. The quantitative estimate of drug-likeness (QED) is 0.761. The third-order valence-corrected chi connectivity index (χ3v) is 5.21. The molecule has 0 bridgehead atoms. The van der Waals surface area contributed by atoms with E-state index >= 15 is 0 Å². The standard InChI is InChI=1S/C21H24N4O2/c1-27-18-6-4-5-17(13-18)23-21(26)24-11-9-16(10-12-24)14-25-15-22-19-7-2-3-8-20(19)25/h2-8,13,15-16H,9-12,14H2,1H3,(H,23,26). The van der Waals surface area contributed by atoms with E-state index in [1.165, 1.54) is 5.52 Å². The summed E-state index contributed by atoms with van der Waals surface area (Å²) in [6.07, 6.45) is 3.92. The molecule has 3 aromatic rings. The number of nitrogens with one attached hydrogen (secondary N) is 1. The fourth-order valence-corrected chi connectivity index (χ4v) is 3.66. The van der Waals surface area contributed by atoms with Gasteiger partial charge in [0.25, 0.3) is 0 Å². The van der Waals surface area contributed by atoms with Gasteiger partial charge in [-0.15, -0.1) is 0 Å². The molecule has 1 aliphatic heterocycles. The van der Waals surface area contributed by atoms with Crippen LogP contribution in [0.1, 0.15) is 12.8 Å². The Morgan fingerprint density at radius 3 is 2.81 bits per heavy atom. The lowest BCUT2D eigenvalue weighted by atomic mass is 9.97. The molecule has 6 nitrogen and oxygen atoms in total. The van der Waals surface area contributed by atoms with Gasteiger partial charge in [-0.3, -0.25) is 0 Å². The maximum atomic E-state index is 12.5. The van der Waals surface area contributed by atoms with Gasteiger partial charge in [0.2, 0.25) is 0 Å². The second-order valence-electron chi connectivity index (χ2n) is 6.98. The highest BCUT2D eigenvalue weighted by atomic mass is 16.5. The monoisotopic (exact) mass is 364 g/mol. The van der Waals surface area contributed by atoms with Gasteiger partial charge in [-0.25, -0.2) is 9.78 Å². The lowest BCUT2D eigenvalue weighted by Crippen LogP contribution is -2.41. The van der Waals surface area contributed by atoms with Gasteiger partial charge in [-0.2, -0.15) is 0 Å². The number of ether oxygens (including phenoxy) is 1. The first kappa shape index (κ1) is 17.4. The number of anilines is 1. The van der Waals surface area contributed by atoms with Gasteiger partial charge >= 0.3 is 6.03 Å². The molecule has 2 amide bonds. The Bertz CT molecular complexity index is 929. The van der Waals surface area contributed by atoms with E-state index in [4.69, 9.17) is 4.74 Å². The zero-order valence-electron chi connectivity index (χ0n) is 15.5. The summed E-state index contributed by atoms with van der Waals surface area (Å²) < 4.78 is 7.43. The first-order valence-corrected chi connectivity index (χ1v) is 9.33. The smallest absolute Gasteiger partial charge is 0.321 e. The number of benzene rings is 2. The second-order valence-corrected chi connectivity index (χ2v) is 6.98. The molecule has 6 heteroatoms. The molecule has 0 atom stereocenters. The molecule has 1 N–H and O–H groups in total. The molecule has 0 radical (unpaired) electrons. The first-order valence-electron chi connectivity index (χ1n) is 9.33. The number of piperidine rings is 1. The number of nitrogens with zero attached hydrogens (tertiary/aromatic N) is 3. The molecule has 27 heavy (non-hydrogen) atoms. The molecule has 1 aliphatic rings. The van der Waals surface area contributed by atoms with E-state index in [2.05, 4.69) is 20.9 Å². The molecule has 1 aromatic heterocycles. The summed E-state index contributed by atoms with van der Waals surface area (Å²) in [6, 6.07) is 15.6. The number of fused-ring (bicyclic) bond motifs is 1. The van der Waals surface area contributed by atoms with Crippen molar-refractivity contribution in [3.05, 3.63) is 54.9 Å². The molecular formula is C21H24N4O2. The summed E-state index contributed by atoms with van der Waals surface area (Å²) >= 11 is 0. The van der Waals surface area contributed by atoms with Crippen LogP contribution in [-0.4, -0.2) is 40.7 Å². The number of likely N-dealkylation sites (tertiary alicyclic amines) is 1. The van der Waals surface area contributed by atoms with Crippen LogP contribution in [0.4, 0.5) is 10.5 Å². The molecule has 2 aromatic carbocycles. The zero-order valence-corrected chi connectivity index (χ0v) is 15.5. The molecule has 0 saturated carbocycles. The van der Waals surface area contributed by atoms with E-state index in [0.717, 1.165) is 49.4 Å². The molecule has 2 heterocycles. The Hall–Kier alpha value is -3.02. The van der Waals surface area contributed by atoms with Crippen molar-refractivity contribution in [1.29, 1.82) is 0 Å². The predicted molar refractivity (Wildman–Crippen MR) is 106 cm³/mol. The molecular weight excluding hydrogens is 340 g/mol. The molecule has 0 unspecified atom stereocenters. The van der Waals surface area contributed by atoms with Crippen molar-refractivity contribution in [1.82, 2.24) is 14.5 Å². The maximum Gasteiger partial charge on any atom is 0.321 e. The number of imidazole rings is 1. The Balaban J connectivity index is 1.32. The Labute approximate surface area is 158 Å². The second kappa shape index (κ2) is 7.70. The number of hydrogen-bond donors (Lipinski definition) is 1. The molecule has 0 spiro atoms. The van der Waals surface area contributed by atoms with Crippen molar-refractivity contribution in [2.24, 2.45) is 5.92 Å². The Morgan fingerprint density at radius 2 is 2.00 bits per heavy atom. The van der Waals surface area contributed by atoms with Gasteiger partial charge in [0.05, 0.1) is 24.5 Å². The average Bonchev–Trinajstić information content (AvgIpc) is 3.11. The van der Waals surface area contributed by atoms with E-state index in [0.29, 0.717) is 5.92 Å². The van der Waals surface area contributed by atoms with Crippen molar-refractivity contribution in [2.75, 3.05) is 25.5 Å². The van der Waals surface area contributed by atoms with Gasteiger partial charge in [0, 0.05) is 31.4 Å². The lowest BCUT2D eigenvalue weighted by Gasteiger charge is -2.32. The first-order chi connectivity index (χ1) is 13.2. The molecule has 1 fully saturated rings. The third kappa shape index (κ3) is 3.89. The van der Waals surface area contributed by atoms with Crippen LogP contribution in [0.2, 0.25) is 0 Å². The van der Waals surface area contributed by atoms with Crippen LogP contribution < -0.4 is 10.1 Å². The minimum absolute atomic E-state index is 0.0465. The summed E-state index contributed by atoms with van der Waals surface area (Å²) in [5.74, 6) is 1.29. The zero-order chi connectivity index (χ0) is 18.6. The minimum Gasteiger partial charge on any atom is -0.497 e. The van der Waals surface area contributed by atoms with Crippen LogP contribution in [0.25, 0.3) is 11.0 Å². The molecule has 0 aliphatic carbocycles. The third-order valence-electron chi connectivity index (χ3n) is 5.21. The van der Waals surface area contributed by atoms with E-state index in [1.807, 2.05) is 53.7 Å². The molecule has 1 saturated heterocycles. The average molecular weight is 364 g/mol. The lowest BCUT2D eigenvalue weighted by molar-refractivity contribution is 0.177. The van der Waals surface area contributed by atoms with Gasteiger partial charge in [-0.05, 0) is 43.0 Å². The summed E-state index contributed by atoms with van der Waals surface area (Å²) in [7, 11) is 1.62. The van der Waals surface area contributed by atoms with Gasteiger partial charge < -0.3 is 19.5 Å². The summed E-state index contributed by atoms with van der Waals surface area (Å²) in [5.41, 5.74) is 2.97. The number of urea groups is 1. The van der Waals surface area contributed by atoms with Gasteiger partial charge in [-0.1, -0.05) is 18.2 Å². The normalized spacial score (nSPS) is 15.1. The maximum absolute atomic E-state index is 12.5. The summed E-state index contributed by atoms with van der Waals surface area (Å²) in [4.78, 5) is 18.9. The number of methoxy groups -OCH3 is 1. The van der Waals surface area contributed by atoms with Crippen LogP contribution in [0.5, 0.6) is 5.75 Å². The Kier molecular flexibility index (Phi) is 4.96. The van der Waals surface area contributed by atoms with Crippen LogP contribution >= 0.6 is 0 Å². The predicted octanol–water partition coefficient (Wildman–Crippen LogP) is 3.99. The number of hydrogen-bond acceptors (Lipinski definition) is 3. The van der Waals surface area contributed by atoms with Crippen molar-refractivity contribution in [2.45, 2.75) is 19.4 Å². The number of carbonyl (C=O) groups excluding carboxylic acids is 1. The molecule has 4 rings (SSSR count). The highest BCUT2D eigenvalue weighted by Crippen LogP contribution is 2.23. The van der Waals surface area contributed by atoms with Crippen LogP contribution in [0, 0.1) is 5.92 Å². The highest BCUT2D eigenvalue weighted by molar-refractivity contribution is 5.89. The SMILES string of the molecule is COc1cccc(NC(=O)N2CCC(Cn3cnc4ccccc43)CC2)c1. The number of carbonyl (C=O) groups is 1. The summed E-state index contributed by atoms with van der Waals surface area (Å²) in [5, 5.41) is 2.96. The van der Waals surface area contributed by atoms with Gasteiger partial charge in [0.1, 0.15) is 5.75 Å². The number of para-hydroxylation sites is 2. The van der Waals surface area contributed by atoms with E-state index in [1.54, 1.807) is 7.11 Å². The fraction of sp³-hybridized carbons (Fsp3) is 0.333. The van der Waals surface area contributed by atoms with E-state index in [-0.39, 0.29) is 6.03 Å². The van der Waals surface area contributed by atoms with Crippen LogP contribution in [0.15, 0.2) is 54.9 Å². The van der Waals surface area contributed by atoms with Crippen molar-refractivity contribution >= 4 is 22.8 Å². The van der Waals surface area contributed by atoms with Gasteiger partial charge in [0.15, 0.2) is 0 Å². The topological polar surface area (TPSA) is 59.4 Å². The van der Waals surface area contributed by atoms with E-state index in [9.17, 15) is 4.79 Å². The van der Waals surface area contributed by atoms with Crippen molar-refractivity contribution < 1.29 is 9.53 Å².